The molecule has 38 heavy (non-hydrogen) atoms. The molecular weight excluding hydrogens is 515 g/mol. The smallest absolute Gasteiger partial charge is 0.327 e. The fourth-order valence-electron chi connectivity index (χ4n) is 4.02. The number of hydrogen-bond donors (Lipinski definition) is 2. The van der Waals surface area contributed by atoms with Crippen LogP contribution >= 0.6 is 11.8 Å². The standard InChI is InChI=1S/C28H32N2O5S2.Li/c1-36-21-19-26(28(32)33)30(37(34,35)29-20-11-10-14-22-12-4-2-5-13-22)27(31)25-18-9-8-17-24(25)23-15-6-3-7-16-23;/h2-9,12-13,15-18,26,29H,10-11,14,19-21H2,1H3,(H,32,33);/t26-;/m0./s1. The molecule has 0 aromatic heterocycles. The van der Waals surface area contributed by atoms with Crippen molar-refractivity contribution in [3.8, 4) is 11.1 Å². The van der Waals surface area contributed by atoms with E-state index in [0.29, 0.717) is 22.0 Å². The van der Waals surface area contributed by atoms with Crippen LogP contribution in [0.2, 0.25) is 0 Å². The van der Waals surface area contributed by atoms with Gasteiger partial charge in [-0.05, 0) is 60.4 Å². The summed E-state index contributed by atoms with van der Waals surface area (Å²) < 4.78 is 29.9. The van der Waals surface area contributed by atoms with E-state index in [2.05, 4.69) is 4.72 Å². The molecule has 2 N–H and O–H groups in total. The molecule has 0 aliphatic carbocycles. The molecule has 3 aromatic carbocycles. The number of hydrogen-bond acceptors (Lipinski definition) is 5. The number of carbonyl (C=O) groups excluding carboxylic acids is 1. The number of unbranched alkanes of at least 4 members (excludes halogenated alkanes) is 1. The number of benzene rings is 3. The van der Waals surface area contributed by atoms with Crippen LogP contribution in [0.4, 0.5) is 0 Å². The SMILES string of the molecule is CSCC[C@@H](C(=O)O)N(C(=O)c1ccccc1-c1ccccc1)S(=O)(=O)NCCCCc1ccccc1.[Li]. The number of carboxylic acids is 1. The van der Waals surface area contributed by atoms with E-state index < -0.39 is 28.1 Å². The summed E-state index contributed by atoms with van der Waals surface area (Å²) in [6.45, 7) is 0.0914. The molecule has 0 aliphatic heterocycles. The number of rotatable bonds is 14. The third kappa shape index (κ3) is 8.75. The van der Waals surface area contributed by atoms with E-state index in [4.69, 9.17) is 0 Å². The summed E-state index contributed by atoms with van der Waals surface area (Å²) in [5, 5.41) is 9.96. The molecule has 0 aliphatic rings. The third-order valence-corrected chi connectivity index (χ3v) is 8.04. The van der Waals surface area contributed by atoms with Gasteiger partial charge in [0, 0.05) is 31.0 Å². The minimum absolute atomic E-state index is 0. The van der Waals surface area contributed by atoms with Crippen molar-refractivity contribution >= 4 is 52.7 Å². The van der Waals surface area contributed by atoms with E-state index >= 15 is 0 Å². The van der Waals surface area contributed by atoms with E-state index in [1.165, 1.54) is 17.8 Å². The fourth-order valence-corrected chi connectivity index (χ4v) is 5.86. The minimum Gasteiger partial charge on any atom is -0.480 e. The summed E-state index contributed by atoms with van der Waals surface area (Å²) in [5.41, 5.74) is 2.54. The van der Waals surface area contributed by atoms with Gasteiger partial charge in [0.05, 0.1) is 0 Å². The second-order valence-corrected chi connectivity index (χ2v) is 11.1. The molecule has 7 nitrogen and oxygen atoms in total. The third-order valence-electron chi connectivity index (χ3n) is 5.88. The molecule has 0 saturated heterocycles. The van der Waals surface area contributed by atoms with Crippen molar-refractivity contribution in [1.29, 1.82) is 0 Å². The summed E-state index contributed by atoms with van der Waals surface area (Å²) in [7, 11) is -4.44. The molecule has 0 fully saturated rings. The molecule has 3 aromatic rings. The van der Waals surface area contributed by atoms with E-state index in [9.17, 15) is 23.1 Å². The summed E-state index contributed by atoms with van der Waals surface area (Å²) in [4.78, 5) is 26.0. The summed E-state index contributed by atoms with van der Waals surface area (Å²) in [6, 6.07) is 24.1. The van der Waals surface area contributed by atoms with E-state index in [1.807, 2.05) is 60.7 Å². The van der Waals surface area contributed by atoms with Gasteiger partial charge < -0.3 is 5.11 Å². The number of aryl methyl sites for hydroxylation is 1. The zero-order valence-electron chi connectivity index (χ0n) is 21.7. The first-order valence-corrected chi connectivity index (χ1v) is 14.9. The predicted octanol–water partition coefficient (Wildman–Crippen LogP) is 4.48. The van der Waals surface area contributed by atoms with Gasteiger partial charge in [-0.3, -0.25) is 4.79 Å². The molecule has 1 amide bonds. The molecule has 0 heterocycles. The molecular formula is C28H32LiN2O5S2. The molecule has 0 bridgehead atoms. The topological polar surface area (TPSA) is 104 Å². The summed E-state index contributed by atoms with van der Waals surface area (Å²) in [5.74, 6) is -1.85. The van der Waals surface area contributed by atoms with Crippen molar-refractivity contribution in [3.63, 3.8) is 0 Å². The van der Waals surface area contributed by atoms with Crippen molar-refractivity contribution in [1.82, 2.24) is 9.03 Å². The Kier molecular flexibility index (Phi) is 13.1. The van der Waals surface area contributed by atoms with E-state index in [1.54, 1.807) is 24.5 Å². The zero-order chi connectivity index (χ0) is 26.7. The number of aliphatic carboxylic acids is 1. The van der Waals surface area contributed by atoms with Crippen LogP contribution in [0.3, 0.4) is 0 Å². The summed E-state index contributed by atoms with van der Waals surface area (Å²) >= 11 is 1.39. The molecule has 0 saturated carbocycles. The summed E-state index contributed by atoms with van der Waals surface area (Å²) in [6.07, 6.45) is 3.87. The number of carboxylic acid groups (broad SMARTS) is 1. The van der Waals surface area contributed by atoms with Crippen molar-refractivity contribution < 1.29 is 23.1 Å². The van der Waals surface area contributed by atoms with Gasteiger partial charge in [-0.2, -0.15) is 24.9 Å². The molecule has 3 rings (SSSR count). The van der Waals surface area contributed by atoms with Crippen LogP contribution < -0.4 is 4.72 Å². The number of amides is 1. The van der Waals surface area contributed by atoms with Crippen molar-refractivity contribution in [2.75, 3.05) is 18.6 Å². The van der Waals surface area contributed by atoms with Gasteiger partial charge in [0.1, 0.15) is 6.04 Å². The quantitative estimate of drug-likeness (QED) is 0.228. The molecule has 0 unspecified atom stereocenters. The maximum atomic E-state index is 13.8. The van der Waals surface area contributed by atoms with Crippen LogP contribution in [0.25, 0.3) is 11.1 Å². The Balaban J connectivity index is 0.00000507. The minimum atomic E-state index is -4.44. The van der Waals surface area contributed by atoms with Crippen molar-refractivity contribution in [3.05, 3.63) is 96.1 Å². The predicted molar refractivity (Wildman–Crippen MR) is 155 cm³/mol. The Morgan fingerprint density at radius 1 is 0.921 bits per heavy atom. The van der Waals surface area contributed by atoms with Gasteiger partial charge in [0.15, 0.2) is 0 Å². The normalized spacial score (nSPS) is 11.8. The van der Waals surface area contributed by atoms with Gasteiger partial charge in [-0.1, -0.05) is 78.9 Å². The number of nitrogens with zero attached hydrogens (tertiary/aromatic N) is 1. The van der Waals surface area contributed by atoms with Gasteiger partial charge in [-0.15, -0.1) is 0 Å². The number of nitrogens with one attached hydrogen (secondary N) is 1. The second kappa shape index (κ2) is 15.8. The Labute approximate surface area is 241 Å². The first-order chi connectivity index (χ1) is 17.8. The monoisotopic (exact) mass is 547 g/mol. The van der Waals surface area contributed by atoms with Gasteiger partial charge in [0.2, 0.25) is 0 Å². The van der Waals surface area contributed by atoms with Crippen LogP contribution in [0.15, 0.2) is 84.9 Å². The molecule has 0 spiro atoms. The molecule has 1 radical (unpaired) electrons. The van der Waals surface area contributed by atoms with Crippen molar-refractivity contribution in [2.24, 2.45) is 0 Å². The van der Waals surface area contributed by atoms with Crippen LogP contribution in [-0.2, 0) is 21.4 Å². The Morgan fingerprint density at radius 3 is 2.16 bits per heavy atom. The Morgan fingerprint density at radius 2 is 1.53 bits per heavy atom. The van der Waals surface area contributed by atoms with Crippen molar-refractivity contribution in [2.45, 2.75) is 31.7 Å². The molecule has 10 heteroatoms. The van der Waals surface area contributed by atoms with Crippen LogP contribution in [0, 0.1) is 0 Å². The second-order valence-electron chi connectivity index (χ2n) is 8.49. The Hall–Kier alpha value is -2.54. The first-order valence-electron chi connectivity index (χ1n) is 12.1. The Bertz CT molecular complexity index is 1270. The van der Waals surface area contributed by atoms with Crippen LogP contribution in [0.1, 0.15) is 35.2 Å². The van der Waals surface area contributed by atoms with Gasteiger partial charge in [-0.25, -0.2) is 9.10 Å². The average molecular weight is 548 g/mol. The van der Waals surface area contributed by atoms with E-state index in [0.717, 1.165) is 24.0 Å². The number of thioether (sulfide) groups is 1. The molecule has 1 atom stereocenters. The number of carbonyl (C=O) groups is 2. The van der Waals surface area contributed by atoms with Crippen LogP contribution in [-0.4, -0.2) is 73.2 Å². The first kappa shape index (κ1) is 31.7. The maximum absolute atomic E-state index is 13.8. The van der Waals surface area contributed by atoms with E-state index in [-0.39, 0.29) is 37.4 Å². The van der Waals surface area contributed by atoms with Crippen LogP contribution in [0.5, 0.6) is 0 Å². The van der Waals surface area contributed by atoms with Gasteiger partial charge >= 0.3 is 16.2 Å². The zero-order valence-corrected chi connectivity index (χ0v) is 23.4. The average Bonchev–Trinajstić information content (AvgIpc) is 2.91. The fraction of sp³-hybridized carbons (Fsp3) is 0.286. The largest absolute Gasteiger partial charge is 0.480 e. The van der Waals surface area contributed by atoms with Gasteiger partial charge in [0.25, 0.3) is 5.91 Å². The molecule has 197 valence electrons. The maximum Gasteiger partial charge on any atom is 0.327 e.